The molecule has 374 valence electrons. The van der Waals surface area contributed by atoms with Crippen molar-refractivity contribution in [2.45, 2.75) is 0 Å². The summed E-state index contributed by atoms with van der Waals surface area (Å²) in [7, 11) is 0. The highest BCUT2D eigenvalue weighted by molar-refractivity contribution is 6.13. The normalized spacial score (nSPS) is 11.5. The number of rotatable bonds is 10. The Bertz CT molecular complexity index is 4760. The summed E-state index contributed by atoms with van der Waals surface area (Å²) in [5.41, 5.74) is 26.3. The van der Waals surface area contributed by atoms with Crippen molar-refractivity contribution in [1.82, 2.24) is 9.13 Å². The first-order valence-corrected chi connectivity index (χ1v) is 27.5. The van der Waals surface area contributed by atoms with Gasteiger partial charge in [-0.15, -0.1) is 0 Å². The Labute approximate surface area is 466 Å². The van der Waals surface area contributed by atoms with Crippen LogP contribution in [-0.4, -0.2) is 9.13 Å². The van der Waals surface area contributed by atoms with Gasteiger partial charge in [0.25, 0.3) is 0 Å². The van der Waals surface area contributed by atoms with Gasteiger partial charge in [0.05, 0.1) is 27.8 Å². The fraction of sp³-hybridized carbons (Fsp3) is 0. The SMILES string of the molecule is c1ccc(-c2ccc(-c3ccc(-c4cccc(-c5cccc(-c6ccc(-c7ccccc7-n7c8ccccc8c8cc(-c9ccc%10c(c9)c9ccccc9n%10-c9ccc(-c%10ccccc%10)cc9)ccc87)cc6)c5)c4)cc3)cc2)cc1. The second-order valence-corrected chi connectivity index (χ2v) is 20.9. The van der Waals surface area contributed by atoms with Crippen molar-refractivity contribution >= 4 is 43.6 Å². The summed E-state index contributed by atoms with van der Waals surface area (Å²) < 4.78 is 4.85. The molecule has 15 rings (SSSR count). The molecule has 0 unspecified atom stereocenters. The molecule has 0 aliphatic rings. The summed E-state index contributed by atoms with van der Waals surface area (Å²) in [6, 6.07) is 115. The van der Waals surface area contributed by atoms with Gasteiger partial charge in [-0.05, 0) is 150 Å². The molecule has 80 heavy (non-hydrogen) atoms. The van der Waals surface area contributed by atoms with Crippen molar-refractivity contribution in [3.05, 3.63) is 315 Å². The van der Waals surface area contributed by atoms with E-state index < -0.39 is 0 Å². The van der Waals surface area contributed by atoms with E-state index in [2.05, 4.69) is 325 Å². The van der Waals surface area contributed by atoms with Crippen LogP contribution >= 0.6 is 0 Å². The minimum atomic E-state index is 1.15. The predicted molar refractivity (Wildman–Crippen MR) is 339 cm³/mol. The third kappa shape index (κ3) is 8.39. The lowest BCUT2D eigenvalue weighted by Crippen LogP contribution is -1.97. The maximum Gasteiger partial charge on any atom is 0.0541 e. The molecular weight excluding hydrogens is 965 g/mol. The minimum Gasteiger partial charge on any atom is -0.309 e. The van der Waals surface area contributed by atoms with Crippen molar-refractivity contribution in [3.63, 3.8) is 0 Å². The lowest BCUT2D eigenvalue weighted by Gasteiger charge is -2.15. The molecule has 0 N–H and O–H groups in total. The zero-order valence-electron chi connectivity index (χ0n) is 43.9. The molecule has 2 heterocycles. The second-order valence-electron chi connectivity index (χ2n) is 20.9. The van der Waals surface area contributed by atoms with Crippen molar-refractivity contribution < 1.29 is 0 Å². The van der Waals surface area contributed by atoms with E-state index in [0.29, 0.717) is 0 Å². The summed E-state index contributed by atoms with van der Waals surface area (Å²) >= 11 is 0. The molecule has 13 aromatic carbocycles. The van der Waals surface area contributed by atoms with Gasteiger partial charge in [-0.2, -0.15) is 0 Å². The first kappa shape index (κ1) is 46.7. The first-order chi connectivity index (χ1) is 39.6. The summed E-state index contributed by atoms with van der Waals surface area (Å²) in [6.07, 6.45) is 0. The van der Waals surface area contributed by atoms with Crippen molar-refractivity contribution in [3.8, 4) is 100 Å². The van der Waals surface area contributed by atoms with Crippen molar-refractivity contribution in [1.29, 1.82) is 0 Å². The molecule has 2 aromatic heterocycles. The topological polar surface area (TPSA) is 9.86 Å². The number of benzene rings is 13. The van der Waals surface area contributed by atoms with Gasteiger partial charge in [0.2, 0.25) is 0 Å². The highest BCUT2D eigenvalue weighted by atomic mass is 15.0. The van der Waals surface area contributed by atoms with E-state index in [1.165, 1.54) is 133 Å². The van der Waals surface area contributed by atoms with E-state index in [-0.39, 0.29) is 0 Å². The highest BCUT2D eigenvalue weighted by Crippen LogP contribution is 2.41. The molecule has 2 nitrogen and oxygen atoms in total. The standard InChI is InChI=1S/C78H52N2/c1-3-15-53(16-4-1)55-29-31-56(32-30-55)57-33-35-59(36-34-57)62-19-13-21-64(49-62)65-22-14-20-63(50-65)60-37-39-61(40-38-60)69-23-7-10-26-74(69)80-76-28-12-9-25-71(76)73-52-67(44-48-78(73)80)66-43-47-77-72(51-66)70-24-8-11-27-75(70)79(77)68-45-41-58(42-46-68)54-17-5-2-6-18-54/h1-52H. The molecule has 0 amide bonds. The van der Waals surface area contributed by atoms with Gasteiger partial charge in [0.1, 0.15) is 0 Å². The lowest BCUT2D eigenvalue weighted by atomic mass is 9.94. The third-order valence-corrected chi connectivity index (χ3v) is 16.2. The Morgan fingerprint density at radius 1 is 0.163 bits per heavy atom. The molecule has 0 radical (unpaired) electrons. The Kier molecular flexibility index (Phi) is 11.6. The zero-order valence-corrected chi connectivity index (χ0v) is 43.9. The Morgan fingerprint density at radius 3 is 0.950 bits per heavy atom. The van der Waals surface area contributed by atoms with Gasteiger partial charge in [-0.1, -0.05) is 249 Å². The summed E-state index contributed by atoms with van der Waals surface area (Å²) in [4.78, 5) is 0. The molecule has 0 atom stereocenters. The molecule has 0 saturated carbocycles. The van der Waals surface area contributed by atoms with Gasteiger partial charge in [-0.25, -0.2) is 0 Å². The fourth-order valence-corrected chi connectivity index (χ4v) is 12.1. The smallest absolute Gasteiger partial charge is 0.0541 e. The highest BCUT2D eigenvalue weighted by Gasteiger charge is 2.19. The number of fused-ring (bicyclic) bond motifs is 6. The van der Waals surface area contributed by atoms with Crippen LogP contribution in [0.25, 0.3) is 144 Å². The van der Waals surface area contributed by atoms with E-state index in [9.17, 15) is 0 Å². The Morgan fingerprint density at radius 2 is 0.463 bits per heavy atom. The van der Waals surface area contributed by atoms with Crippen LogP contribution in [0.4, 0.5) is 0 Å². The van der Waals surface area contributed by atoms with Gasteiger partial charge in [-0.3, -0.25) is 0 Å². The van der Waals surface area contributed by atoms with E-state index in [1.54, 1.807) is 0 Å². The third-order valence-electron chi connectivity index (χ3n) is 16.2. The molecule has 15 aromatic rings. The average Bonchev–Trinajstić information content (AvgIpc) is 4.06. The number of nitrogens with zero attached hydrogens (tertiary/aromatic N) is 2. The number of para-hydroxylation sites is 3. The monoisotopic (exact) mass is 1020 g/mol. The largest absolute Gasteiger partial charge is 0.309 e. The fourth-order valence-electron chi connectivity index (χ4n) is 12.1. The van der Waals surface area contributed by atoms with E-state index >= 15 is 0 Å². The maximum absolute atomic E-state index is 2.45. The van der Waals surface area contributed by atoms with Gasteiger partial charge in [0, 0.05) is 32.8 Å². The van der Waals surface area contributed by atoms with Crippen LogP contribution in [0.1, 0.15) is 0 Å². The van der Waals surface area contributed by atoms with E-state index in [0.717, 1.165) is 11.4 Å². The number of aromatic nitrogens is 2. The van der Waals surface area contributed by atoms with Crippen LogP contribution in [0.3, 0.4) is 0 Å². The summed E-state index contributed by atoms with van der Waals surface area (Å²) in [5, 5.41) is 4.95. The number of hydrogen-bond donors (Lipinski definition) is 0. The lowest BCUT2D eigenvalue weighted by molar-refractivity contribution is 1.18. The zero-order chi connectivity index (χ0) is 52.9. The van der Waals surface area contributed by atoms with Gasteiger partial charge in [0.15, 0.2) is 0 Å². The molecule has 0 bridgehead atoms. The van der Waals surface area contributed by atoms with Crippen LogP contribution in [0.5, 0.6) is 0 Å². The molecular formula is C78H52N2. The molecule has 0 aliphatic heterocycles. The van der Waals surface area contributed by atoms with Crippen LogP contribution < -0.4 is 0 Å². The van der Waals surface area contributed by atoms with E-state index in [4.69, 9.17) is 0 Å². The molecule has 0 aliphatic carbocycles. The second kappa shape index (κ2) is 19.8. The van der Waals surface area contributed by atoms with Gasteiger partial charge < -0.3 is 9.13 Å². The minimum absolute atomic E-state index is 1.15. The van der Waals surface area contributed by atoms with E-state index in [1.807, 2.05) is 0 Å². The van der Waals surface area contributed by atoms with Crippen molar-refractivity contribution in [2.24, 2.45) is 0 Å². The summed E-state index contributed by atoms with van der Waals surface area (Å²) in [5.74, 6) is 0. The van der Waals surface area contributed by atoms with Crippen LogP contribution in [0, 0.1) is 0 Å². The van der Waals surface area contributed by atoms with Crippen molar-refractivity contribution in [2.75, 3.05) is 0 Å². The van der Waals surface area contributed by atoms with Crippen LogP contribution in [0.15, 0.2) is 315 Å². The quantitative estimate of drug-likeness (QED) is 0.129. The predicted octanol–water partition coefficient (Wildman–Crippen LogP) is 21.2. The summed E-state index contributed by atoms with van der Waals surface area (Å²) in [6.45, 7) is 0. The number of hydrogen-bond acceptors (Lipinski definition) is 0. The molecule has 2 heteroatoms. The van der Waals surface area contributed by atoms with Gasteiger partial charge >= 0.3 is 0 Å². The molecule has 0 spiro atoms. The van der Waals surface area contributed by atoms with Crippen LogP contribution in [-0.2, 0) is 0 Å². The molecule has 0 saturated heterocycles. The first-order valence-electron chi connectivity index (χ1n) is 27.5. The maximum atomic E-state index is 2.45. The van der Waals surface area contributed by atoms with Crippen LogP contribution in [0.2, 0.25) is 0 Å². The Hall–Kier alpha value is -10.5. The average molecular weight is 1020 g/mol. The Balaban J connectivity index is 0.713. The molecule has 0 fully saturated rings.